The van der Waals surface area contributed by atoms with Crippen LogP contribution >= 0.6 is 0 Å². The summed E-state index contributed by atoms with van der Waals surface area (Å²) in [6.07, 6.45) is 1.72. The maximum absolute atomic E-state index is 12.7. The van der Waals surface area contributed by atoms with Crippen LogP contribution in [-0.4, -0.2) is 23.0 Å². The van der Waals surface area contributed by atoms with Gasteiger partial charge >= 0.3 is 0 Å². The number of H-pyrrole nitrogens is 1. The van der Waals surface area contributed by atoms with E-state index in [1.54, 1.807) is 19.4 Å². The fraction of sp³-hybridized carbons (Fsp3) is 0.0526. The molecule has 2 heterocycles. The molecule has 2 aromatic heterocycles. The third kappa shape index (κ3) is 2.36. The molecule has 2 aromatic carbocycles. The lowest BCUT2D eigenvalue weighted by molar-refractivity contribution is 0.102. The number of aromatic nitrogens is 2. The van der Waals surface area contributed by atoms with Crippen LogP contribution < -0.4 is 10.1 Å². The molecule has 24 heavy (non-hydrogen) atoms. The summed E-state index contributed by atoms with van der Waals surface area (Å²) in [5.74, 6) is 0.334. The number of hydrogen-bond donors (Lipinski definition) is 2. The maximum atomic E-state index is 12.7. The Morgan fingerprint density at radius 1 is 1.08 bits per heavy atom. The Balaban J connectivity index is 1.75. The van der Waals surface area contributed by atoms with Gasteiger partial charge in [-0.2, -0.15) is 0 Å². The van der Waals surface area contributed by atoms with Crippen molar-refractivity contribution < 1.29 is 9.53 Å². The molecule has 0 radical (unpaired) electrons. The summed E-state index contributed by atoms with van der Waals surface area (Å²) < 4.78 is 5.18. The van der Waals surface area contributed by atoms with Gasteiger partial charge in [-0.1, -0.05) is 30.3 Å². The van der Waals surface area contributed by atoms with Gasteiger partial charge in [0.15, 0.2) is 0 Å². The van der Waals surface area contributed by atoms with Gasteiger partial charge in [-0.25, -0.2) is 4.98 Å². The Bertz CT molecular complexity index is 1050. The molecule has 0 bridgehead atoms. The number of para-hydroxylation sites is 2. The minimum Gasteiger partial charge on any atom is -0.481 e. The topological polar surface area (TPSA) is 67.0 Å². The number of fused-ring (bicyclic) bond motifs is 2. The largest absolute Gasteiger partial charge is 0.481 e. The van der Waals surface area contributed by atoms with Crippen molar-refractivity contribution >= 4 is 33.4 Å². The zero-order valence-corrected chi connectivity index (χ0v) is 13.0. The quantitative estimate of drug-likeness (QED) is 0.600. The summed E-state index contributed by atoms with van der Waals surface area (Å²) >= 11 is 0. The number of aromatic amines is 1. The van der Waals surface area contributed by atoms with Gasteiger partial charge in [0, 0.05) is 28.6 Å². The number of nitrogens with zero attached hydrogens (tertiary/aromatic N) is 1. The highest BCUT2D eigenvalue weighted by Crippen LogP contribution is 2.25. The van der Waals surface area contributed by atoms with Crippen LogP contribution in [0.2, 0.25) is 0 Å². The number of carbonyl (C=O) groups excluding carboxylic acids is 1. The second kappa shape index (κ2) is 5.70. The molecule has 0 aliphatic carbocycles. The Morgan fingerprint density at radius 2 is 1.96 bits per heavy atom. The molecule has 0 fully saturated rings. The van der Waals surface area contributed by atoms with E-state index in [2.05, 4.69) is 15.3 Å². The monoisotopic (exact) mass is 317 g/mol. The second-order valence-electron chi connectivity index (χ2n) is 5.43. The van der Waals surface area contributed by atoms with Crippen LogP contribution in [0.1, 0.15) is 10.4 Å². The minimum absolute atomic E-state index is 0.176. The first kappa shape index (κ1) is 14.3. The highest BCUT2D eigenvalue weighted by atomic mass is 16.5. The number of methoxy groups -OCH3 is 1. The van der Waals surface area contributed by atoms with E-state index in [0.29, 0.717) is 22.6 Å². The zero-order chi connectivity index (χ0) is 16.5. The normalized spacial score (nSPS) is 10.9. The first-order valence-electron chi connectivity index (χ1n) is 7.57. The zero-order valence-electron chi connectivity index (χ0n) is 13.0. The van der Waals surface area contributed by atoms with Gasteiger partial charge in [-0.15, -0.1) is 0 Å². The van der Waals surface area contributed by atoms with Crippen molar-refractivity contribution in [3.8, 4) is 5.88 Å². The number of rotatable bonds is 3. The van der Waals surface area contributed by atoms with Crippen molar-refractivity contribution in [2.75, 3.05) is 12.4 Å². The lowest BCUT2D eigenvalue weighted by atomic mass is 10.1. The maximum Gasteiger partial charge on any atom is 0.257 e. The highest BCUT2D eigenvalue weighted by Gasteiger charge is 2.13. The minimum atomic E-state index is -0.176. The Kier molecular flexibility index (Phi) is 3.39. The molecular weight excluding hydrogens is 302 g/mol. The molecular formula is C19H15N3O2. The Labute approximate surface area is 138 Å². The van der Waals surface area contributed by atoms with E-state index in [1.807, 2.05) is 48.5 Å². The predicted octanol–water partition coefficient (Wildman–Crippen LogP) is 3.98. The molecule has 0 saturated heterocycles. The molecule has 0 saturated carbocycles. The van der Waals surface area contributed by atoms with Crippen LogP contribution in [0.15, 0.2) is 60.8 Å². The summed E-state index contributed by atoms with van der Waals surface area (Å²) in [4.78, 5) is 20.3. The summed E-state index contributed by atoms with van der Waals surface area (Å²) in [6, 6.07) is 17.1. The molecule has 4 rings (SSSR count). The van der Waals surface area contributed by atoms with Crippen LogP contribution in [0.5, 0.6) is 5.88 Å². The average Bonchev–Trinajstić information content (AvgIpc) is 3.06. The van der Waals surface area contributed by atoms with Crippen molar-refractivity contribution in [1.29, 1.82) is 0 Å². The predicted molar refractivity (Wildman–Crippen MR) is 94.5 cm³/mol. The molecule has 0 atom stereocenters. The van der Waals surface area contributed by atoms with E-state index in [1.165, 1.54) is 0 Å². The van der Waals surface area contributed by atoms with E-state index in [4.69, 9.17) is 4.74 Å². The number of nitrogens with one attached hydrogen (secondary N) is 2. The van der Waals surface area contributed by atoms with Gasteiger partial charge in [0.1, 0.15) is 0 Å². The molecule has 0 aliphatic heterocycles. The first-order chi connectivity index (χ1) is 11.8. The first-order valence-corrected chi connectivity index (χ1v) is 7.57. The van der Waals surface area contributed by atoms with Gasteiger partial charge in [-0.05, 0) is 18.2 Å². The number of hydrogen-bond acceptors (Lipinski definition) is 3. The summed E-state index contributed by atoms with van der Waals surface area (Å²) in [5, 5.41) is 4.78. The third-order valence-corrected chi connectivity index (χ3v) is 3.99. The Morgan fingerprint density at radius 3 is 2.83 bits per heavy atom. The smallest absolute Gasteiger partial charge is 0.257 e. The number of carbonyl (C=O) groups is 1. The molecule has 0 unspecified atom stereocenters. The third-order valence-electron chi connectivity index (χ3n) is 3.99. The highest BCUT2D eigenvalue weighted by molar-refractivity contribution is 6.14. The van der Waals surface area contributed by atoms with Crippen molar-refractivity contribution in [3.05, 3.63) is 66.4 Å². The number of pyridine rings is 1. The van der Waals surface area contributed by atoms with Crippen LogP contribution in [-0.2, 0) is 0 Å². The molecule has 5 heteroatoms. The fourth-order valence-electron chi connectivity index (χ4n) is 2.79. The van der Waals surface area contributed by atoms with E-state index >= 15 is 0 Å². The van der Waals surface area contributed by atoms with Crippen molar-refractivity contribution in [2.45, 2.75) is 0 Å². The van der Waals surface area contributed by atoms with Crippen molar-refractivity contribution in [2.24, 2.45) is 0 Å². The van der Waals surface area contributed by atoms with Gasteiger partial charge in [0.2, 0.25) is 5.88 Å². The van der Waals surface area contributed by atoms with Crippen LogP contribution in [0.3, 0.4) is 0 Å². The van der Waals surface area contributed by atoms with Gasteiger partial charge in [0.05, 0.1) is 23.9 Å². The molecule has 2 N–H and O–H groups in total. The summed E-state index contributed by atoms with van der Waals surface area (Å²) in [6.45, 7) is 0. The number of ether oxygens (including phenoxy) is 1. The molecule has 118 valence electrons. The molecule has 0 aliphatic rings. The second-order valence-corrected chi connectivity index (χ2v) is 5.43. The van der Waals surface area contributed by atoms with Crippen LogP contribution in [0.4, 0.5) is 5.69 Å². The van der Waals surface area contributed by atoms with Gasteiger partial charge in [-0.3, -0.25) is 4.79 Å². The Hall–Kier alpha value is -3.34. The average molecular weight is 317 g/mol. The van der Waals surface area contributed by atoms with Crippen molar-refractivity contribution in [1.82, 2.24) is 9.97 Å². The van der Waals surface area contributed by atoms with Crippen LogP contribution in [0.25, 0.3) is 21.8 Å². The van der Waals surface area contributed by atoms with E-state index in [0.717, 1.165) is 16.3 Å². The lowest BCUT2D eigenvalue weighted by Crippen LogP contribution is -2.12. The van der Waals surface area contributed by atoms with Gasteiger partial charge < -0.3 is 15.0 Å². The summed E-state index contributed by atoms with van der Waals surface area (Å²) in [7, 11) is 1.57. The van der Waals surface area contributed by atoms with Crippen molar-refractivity contribution in [3.63, 3.8) is 0 Å². The lowest BCUT2D eigenvalue weighted by Gasteiger charge is -2.09. The number of amides is 1. The standard InChI is InChI=1S/C19H15N3O2/c1-24-17-10-9-12-5-4-8-16(18(12)22-17)21-19(23)14-11-20-15-7-3-2-6-13(14)15/h2-11,20H,1H3,(H,21,23). The number of benzene rings is 2. The molecule has 0 spiro atoms. The fourth-order valence-corrected chi connectivity index (χ4v) is 2.79. The van der Waals surface area contributed by atoms with E-state index in [-0.39, 0.29) is 5.91 Å². The van der Waals surface area contributed by atoms with Crippen LogP contribution in [0, 0.1) is 0 Å². The molecule has 1 amide bonds. The van der Waals surface area contributed by atoms with E-state index in [9.17, 15) is 4.79 Å². The van der Waals surface area contributed by atoms with E-state index < -0.39 is 0 Å². The molecule has 4 aromatic rings. The molecule has 5 nitrogen and oxygen atoms in total. The van der Waals surface area contributed by atoms with Gasteiger partial charge in [0.25, 0.3) is 5.91 Å². The SMILES string of the molecule is COc1ccc2cccc(NC(=O)c3c[nH]c4ccccc34)c2n1. The number of anilines is 1. The summed E-state index contributed by atoms with van der Waals surface area (Å²) in [5.41, 5.74) is 2.89.